The molecule has 0 aliphatic heterocycles. The first-order valence-electron chi connectivity index (χ1n) is 8.05. The second-order valence-corrected chi connectivity index (χ2v) is 7.04. The molecule has 118 valence electrons. The van der Waals surface area contributed by atoms with E-state index in [1.54, 1.807) is 6.92 Å². The van der Waals surface area contributed by atoms with Gasteiger partial charge >= 0.3 is 0 Å². The molecule has 0 saturated heterocycles. The Hall–Kier alpha value is -0.960. The van der Waals surface area contributed by atoms with Gasteiger partial charge in [-0.3, -0.25) is 0 Å². The van der Waals surface area contributed by atoms with Crippen LogP contribution in [0, 0.1) is 29.9 Å². The van der Waals surface area contributed by atoms with Crippen LogP contribution < -0.4 is 5.32 Å². The van der Waals surface area contributed by atoms with Gasteiger partial charge in [0.15, 0.2) is 0 Å². The van der Waals surface area contributed by atoms with E-state index in [2.05, 4.69) is 26.1 Å². The van der Waals surface area contributed by atoms with Gasteiger partial charge in [-0.15, -0.1) is 0 Å². The lowest BCUT2D eigenvalue weighted by Gasteiger charge is -2.35. The quantitative estimate of drug-likeness (QED) is 0.793. The minimum atomic E-state index is -0.314. The Morgan fingerprint density at radius 3 is 2.57 bits per heavy atom. The maximum absolute atomic E-state index is 14.4. The summed E-state index contributed by atoms with van der Waals surface area (Å²) in [6, 6.07) is 2.62. The smallest absolute Gasteiger partial charge is 0.128 e. The maximum atomic E-state index is 14.4. The number of nitrogens with one attached hydrogen (secondary N) is 1. The molecular weight excluding hydrogens is 268 g/mol. The van der Waals surface area contributed by atoms with Crippen molar-refractivity contribution in [1.82, 2.24) is 5.32 Å². The van der Waals surface area contributed by atoms with E-state index < -0.39 is 0 Å². The van der Waals surface area contributed by atoms with Gasteiger partial charge in [0.2, 0.25) is 0 Å². The van der Waals surface area contributed by atoms with E-state index in [1.807, 2.05) is 0 Å². The third-order valence-electron chi connectivity index (χ3n) is 4.97. The van der Waals surface area contributed by atoms with Gasteiger partial charge in [-0.1, -0.05) is 27.2 Å². The fourth-order valence-electron chi connectivity index (χ4n) is 3.64. The molecule has 0 heterocycles. The Morgan fingerprint density at radius 2 is 2.00 bits per heavy atom. The topological polar surface area (TPSA) is 12.0 Å². The van der Waals surface area contributed by atoms with Crippen LogP contribution in [0.25, 0.3) is 0 Å². The third-order valence-corrected chi connectivity index (χ3v) is 4.97. The zero-order chi connectivity index (χ0) is 15.6. The van der Waals surface area contributed by atoms with E-state index in [-0.39, 0.29) is 23.1 Å². The molecule has 0 bridgehead atoms. The van der Waals surface area contributed by atoms with Gasteiger partial charge in [0.1, 0.15) is 11.6 Å². The second-order valence-electron chi connectivity index (χ2n) is 7.04. The number of rotatable bonds is 5. The Bertz CT molecular complexity index is 496. The van der Waals surface area contributed by atoms with Gasteiger partial charge < -0.3 is 5.32 Å². The van der Waals surface area contributed by atoms with Crippen molar-refractivity contribution in [3.05, 3.63) is 34.9 Å². The lowest BCUT2D eigenvalue weighted by atomic mass is 9.75. The van der Waals surface area contributed by atoms with Crippen molar-refractivity contribution in [2.75, 3.05) is 6.54 Å². The summed E-state index contributed by atoms with van der Waals surface area (Å²) in [6.07, 6.45) is 4.37. The fourth-order valence-corrected chi connectivity index (χ4v) is 3.64. The highest BCUT2D eigenvalue weighted by Gasteiger charge is 2.40. The van der Waals surface area contributed by atoms with Crippen molar-refractivity contribution in [2.24, 2.45) is 11.3 Å². The molecule has 1 nitrogen and oxygen atoms in total. The Labute approximate surface area is 127 Å². The average Bonchev–Trinajstić information content (AvgIpc) is 2.75. The molecule has 2 unspecified atom stereocenters. The highest BCUT2D eigenvalue weighted by atomic mass is 19.1. The van der Waals surface area contributed by atoms with Gasteiger partial charge in [0.25, 0.3) is 0 Å². The largest absolute Gasteiger partial charge is 0.310 e. The van der Waals surface area contributed by atoms with Crippen molar-refractivity contribution in [3.8, 4) is 0 Å². The van der Waals surface area contributed by atoms with Crippen molar-refractivity contribution >= 4 is 0 Å². The van der Waals surface area contributed by atoms with Gasteiger partial charge in [0.05, 0.1) is 0 Å². The van der Waals surface area contributed by atoms with Crippen LogP contribution in [0.15, 0.2) is 12.1 Å². The van der Waals surface area contributed by atoms with Gasteiger partial charge in [0, 0.05) is 11.6 Å². The SMILES string of the molecule is CCCNC(c1cc(F)c(C)cc1F)C1CCCC1(C)C. The van der Waals surface area contributed by atoms with Gasteiger partial charge in [-0.25, -0.2) is 8.78 Å². The van der Waals surface area contributed by atoms with Crippen LogP contribution in [0.4, 0.5) is 8.78 Å². The second kappa shape index (κ2) is 6.43. The number of benzene rings is 1. The van der Waals surface area contributed by atoms with Crippen LogP contribution in [-0.4, -0.2) is 6.54 Å². The zero-order valence-electron chi connectivity index (χ0n) is 13.6. The Balaban J connectivity index is 2.38. The first-order chi connectivity index (χ1) is 9.86. The molecule has 0 aromatic heterocycles. The number of aryl methyl sites for hydroxylation is 1. The number of halogens is 2. The molecule has 0 radical (unpaired) electrons. The van der Waals surface area contributed by atoms with Crippen LogP contribution in [0.5, 0.6) is 0 Å². The average molecular weight is 295 g/mol. The first kappa shape index (κ1) is 16.4. The number of hydrogen-bond donors (Lipinski definition) is 1. The van der Waals surface area contributed by atoms with Crippen molar-refractivity contribution in [1.29, 1.82) is 0 Å². The lowest BCUT2D eigenvalue weighted by molar-refractivity contribution is 0.194. The molecule has 1 N–H and O–H groups in total. The summed E-state index contributed by atoms with van der Waals surface area (Å²) < 4.78 is 28.3. The van der Waals surface area contributed by atoms with E-state index in [0.29, 0.717) is 17.0 Å². The summed E-state index contributed by atoms with van der Waals surface area (Å²) >= 11 is 0. The number of hydrogen-bond acceptors (Lipinski definition) is 1. The molecule has 1 aliphatic rings. The minimum Gasteiger partial charge on any atom is -0.310 e. The summed E-state index contributed by atoms with van der Waals surface area (Å²) in [7, 11) is 0. The highest BCUT2D eigenvalue weighted by Crippen LogP contribution is 2.49. The molecule has 1 aliphatic carbocycles. The van der Waals surface area contributed by atoms with E-state index >= 15 is 0 Å². The molecule has 0 spiro atoms. The van der Waals surface area contributed by atoms with E-state index in [9.17, 15) is 8.78 Å². The summed E-state index contributed by atoms with van der Waals surface area (Å²) in [5.74, 6) is -0.253. The summed E-state index contributed by atoms with van der Waals surface area (Å²) in [4.78, 5) is 0. The van der Waals surface area contributed by atoms with E-state index in [1.165, 1.54) is 12.1 Å². The van der Waals surface area contributed by atoms with Gasteiger partial charge in [-0.2, -0.15) is 0 Å². The van der Waals surface area contributed by atoms with Crippen LogP contribution in [0.3, 0.4) is 0 Å². The monoisotopic (exact) mass is 295 g/mol. The summed E-state index contributed by atoms with van der Waals surface area (Å²) in [5.41, 5.74) is 1.03. The van der Waals surface area contributed by atoms with Crippen molar-refractivity contribution in [3.63, 3.8) is 0 Å². The highest BCUT2D eigenvalue weighted by molar-refractivity contribution is 5.29. The fraction of sp³-hybridized carbons (Fsp3) is 0.667. The Morgan fingerprint density at radius 1 is 1.29 bits per heavy atom. The molecule has 1 saturated carbocycles. The molecule has 1 aromatic rings. The standard InChI is InChI=1S/C18H27F2N/c1-5-9-21-17(14-7-6-8-18(14,3)4)13-11-15(19)12(2)10-16(13)20/h10-11,14,17,21H,5-9H2,1-4H3. The van der Waals surface area contributed by atoms with Crippen molar-refractivity contribution in [2.45, 2.75) is 59.4 Å². The molecular formula is C18H27F2N. The summed E-state index contributed by atoms with van der Waals surface area (Å²) in [5, 5.41) is 3.46. The lowest BCUT2D eigenvalue weighted by Crippen LogP contribution is -2.35. The zero-order valence-corrected chi connectivity index (χ0v) is 13.6. The predicted octanol–water partition coefficient (Wildman–Crippen LogP) is 5.14. The molecule has 2 atom stereocenters. The van der Waals surface area contributed by atoms with Crippen LogP contribution >= 0.6 is 0 Å². The maximum Gasteiger partial charge on any atom is 0.128 e. The van der Waals surface area contributed by atoms with Crippen LogP contribution in [0.1, 0.15) is 63.6 Å². The molecule has 1 fully saturated rings. The molecule has 21 heavy (non-hydrogen) atoms. The molecule has 2 rings (SSSR count). The van der Waals surface area contributed by atoms with Crippen LogP contribution in [-0.2, 0) is 0 Å². The first-order valence-corrected chi connectivity index (χ1v) is 8.05. The van der Waals surface area contributed by atoms with Gasteiger partial charge in [-0.05, 0) is 61.8 Å². The van der Waals surface area contributed by atoms with Crippen LogP contribution in [0.2, 0.25) is 0 Å². The third kappa shape index (κ3) is 3.45. The minimum absolute atomic E-state index is 0.0995. The van der Waals surface area contributed by atoms with Crippen molar-refractivity contribution < 1.29 is 8.78 Å². The molecule has 3 heteroatoms. The van der Waals surface area contributed by atoms with E-state index in [0.717, 1.165) is 32.2 Å². The summed E-state index contributed by atoms with van der Waals surface area (Å²) in [6.45, 7) is 9.01. The molecule has 1 aromatic carbocycles. The molecule has 0 amide bonds. The Kier molecular flexibility index (Phi) is 5.03. The predicted molar refractivity (Wildman–Crippen MR) is 83.3 cm³/mol. The van der Waals surface area contributed by atoms with E-state index in [4.69, 9.17) is 0 Å². The normalized spacial score (nSPS) is 22.5.